The first kappa shape index (κ1) is 17.1. The summed E-state index contributed by atoms with van der Waals surface area (Å²) in [5, 5.41) is 3.58. The van der Waals surface area contributed by atoms with Crippen LogP contribution in [-0.2, 0) is 6.18 Å². The number of piperazine rings is 1. The maximum Gasteiger partial charge on any atom is 0.416 e. The number of aromatic nitrogens is 1. The second kappa shape index (κ2) is 6.66. The number of hydrogen-bond donors (Lipinski definition) is 0. The van der Waals surface area contributed by atoms with Gasteiger partial charge in [-0.25, -0.2) is 0 Å². The van der Waals surface area contributed by atoms with E-state index in [1.165, 1.54) is 19.2 Å². The van der Waals surface area contributed by atoms with E-state index in [0.29, 0.717) is 31.9 Å². The maximum absolute atomic E-state index is 12.8. The molecule has 0 N–H and O–H groups in total. The molecule has 1 amide bonds. The predicted molar refractivity (Wildman–Crippen MR) is 82.6 cm³/mol. The fourth-order valence-electron chi connectivity index (χ4n) is 2.66. The molecule has 2 heterocycles. The SMILES string of the molecule is COc1cc(C(=O)N2CCN(c3cccc(C(F)(F)F)c3)CC2)on1. The third-order valence-electron chi connectivity index (χ3n) is 4.01. The molecule has 1 aliphatic rings. The van der Waals surface area contributed by atoms with Crippen LogP contribution in [0.25, 0.3) is 0 Å². The van der Waals surface area contributed by atoms with E-state index >= 15 is 0 Å². The Bertz CT molecular complexity index is 752. The van der Waals surface area contributed by atoms with Gasteiger partial charge in [-0.05, 0) is 23.4 Å². The molecule has 1 aliphatic heterocycles. The summed E-state index contributed by atoms with van der Waals surface area (Å²) in [5.74, 6) is -0.0326. The Labute approximate surface area is 141 Å². The standard InChI is InChI=1S/C16H16F3N3O3/c1-24-14-10-13(25-20-14)15(23)22-7-5-21(6-8-22)12-4-2-3-11(9-12)16(17,18)19/h2-4,9-10H,5-8H2,1H3. The number of benzene rings is 1. The normalized spacial score (nSPS) is 15.4. The molecular weight excluding hydrogens is 339 g/mol. The van der Waals surface area contributed by atoms with Crippen molar-refractivity contribution in [3.8, 4) is 5.88 Å². The van der Waals surface area contributed by atoms with Crippen LogP contribution in [0.5, 0.6) is 5.88 Å². The van der Waals surface area contributed by atoms with Crippen molar-refractivity contribution in [1.82, 2.24) is 10.1 Å². The molecule has 0 spiro atoms. The lowest BCUT2D eigenvalue weighted by atomic mass is 10.1. The highest BCUT2D eigenvalue weighted by Crippen LogP contribution is 2.32. The van der Waals surface area contributed by atoms with Gasteiger partial charge < -0.3 is 19.1 Å². The van der Waals surface area contributed by atoms with Gasteiger partial charge in [-0.1, -0.05) is 6.07 Å². The Hall–Kier alpha value is -2.71. The third-order valence-corrected chi connectivity index (χ3v) is 4.01. The Balaban J connectivity index is 1.65. The Morgan fingerprint density at radius 2 is 1.92 bits per heavy atom. The van der Waals surface area contributed by atoms with Crippen molar-refractivity contribution in [3.63, 3.8) is 0 Å². The van der Waals surface area contributed by atoms with Gasteiger partial charge in [0, 0.05) is 31.9 Å². The van der Waals surface area contributed by atoms with Gasteiger partial charge in [-0.2, -0.15) is 13.2 Å². The number of carbonyl (C=O) groups excluding carboxylic acids is 1. The van der Waals surface area contributed by atoms with E-state index in [-0.39, 0.29) is 17.5 Å². The number of alkyl halides is 3. The highest BCUT2D eigenvalue weighted by Gasteiger charge is 2.31. The van der Waals surface area contributed by atoms with Gasteiger partial charge in [-0.15, -0.1) is 0 Å². The van der Waals surface area contributed by atoms with Crippen molar-refractivity contribution < 1.29 is 27.2 Å². The zero-order valence-corrected chi connectivity index (χ0v) is 13.4. The zero-order valence-electron chi connectivity index (χ0n) is 13.4. The number of carbonyl (C=O) groups is 1. The van der Waals surface area contributed by atoms with Crippen molar-refractivity contribution >= 4 is 11.6 Å². The van der Waals surface area contributed by atoms with Crippen molar-refractivity contribution in [2.24, 2.45) is 0 Å². The van der Waals surface area contributed by atoms with Crippen LogP contribution in [0.3, 0.4) is 0 Å². The lowest BCUT2D eigenvalue weighted by molar-refractivity contribution is -0.137. The van der Waals surface area contributed by atoms with Crippen molar-refractivity contribution in [1.29, 1.82) is 0 Å². The molecule has 9 heteroatoms. The summed E-state index contributed by atoms with van der Waals surface area (Å²) in [7, 11) is 1.42. The van der Waals surface area contributed by atoms with E-state index < -0.39 is 11.7 Å². The van der Waals surface area contributed by atoms with E-state index in [2.05, 4.69) is 5.16 Å². The molecule has 134 valence electrons. The van der Waals surface area contributed by atoms with E-state index in [9.17, 15) is 18.0 Å². The first-order chi connectivity index (χ1) is 11.9. The lowest BCUT2D eigenvalue weighted by Gasteiger charge is -2.35. The molecule has 25 heavy (non-hydrogen) atoms. The summed E-state index contributed by atoms with van der Waals surface area (Å²) < 4.78 is 48.3. The van der Waals surface area contributed by atoms with Crippen LogP contribution in [0.1, 0.15) is 16.1 Å². The summed E-state index contributed by atoms with van der Waals surface area (Å²) >= 11 is 0. The summed E-state index contributed by atoms with van der Waals surface area (Å²) in [4.78, 5) is 15.7. The average molecular weight is 355 g/mol. The highest BCUT2D eigenvalue weighted by atomic mass is 19.4. The summed E-state index contributed by atoms with van der Waals surface area (Å²) in [6.07, 6.45) is -4.38. The second-order valence-corrected chi connectivity index (χ2v) is 5.56. The van der Waals surface area contributed by atoms with Crippen LogP contribution in [0, 0.1) is 0 Å². The number of methoxy groups -OCH3 is 1. The Kier molecular flexibility index (Phi) is 4.56. The van der Waals surface area contributed by atoms with Crippen LogP contribution in [0.4, 0.5) is 18.9 Å². The highest BCUT2D eigenvalue weighted by molar-refractivity contribution is 5.91. The van der Waals surface area contributed by atoms with Gasteiger partial charge in [0.15, 0.2) is 0 Å². The van der Waals surface area contributed by atoms with Crippen LogP contribution in [0.15, 0.2) is 34.9 Å². The molecule has 6 nitrogen and oxygen atoms in total. The van der Waals surface area contributed by atoms with Gasteiger partial charge >= 0.3 is 6.18 Å². The van der Waals surface area contributed by atoms with Gasteiger partial charge in [-0.3, -0.25) is 4.79 Å². The first-order valence-corrected chi connectivity index (χ1v) is 7.60. The van der Waals surface area contributed by atoms with E-state index in [1.807, 2.05) is 4.90 Å². The fourth-order valence-corrected chi connectivity index (χ4v) is 2.66. The number of ether oxygens (including phenoxy) is 1. The maximum atomic E-state index is 12.8. The molecule has 1 fully saturated rings. The van der Waals surface area contributed by atoms with E-state index in [4.69, 9.17) is 9.26 Å². The van der Waals surface area contributed by atoms with Crippen LogP contribution >= 0.6 is 0 Å². The first-order valence-electron chi connectivity index (χ1n) is 7.60. The van der Waals surface area contributed by atoms with Crippen LogP contribution in [-0.4, -0.2) is 49.3 Å². The zero-order chi connectivity index (χ0) is 18.0. The molecule has 0 unspecified atom stereocenters. The number of rotatable bonds is 3. The molecule has 0 atom stereocenters. The Morgan fingerprint density at radius 1 is 1.20 bits per heavy atom. The fraction of sp³-hybridized carbons (Fsp3) is 0.375. The van der Waals surface area contributed by atoms with Crippen molar-refractivity contribution in [2.75, 3.05) is 38.2 Å². The van der Waals surface area contributed by atoms with E-state index in [1.54, 1.807) is 11.0 Å². The number of hydrogen-bond acceptors (Lipinski definition) is 5. The van der Waals surface area contributed by atoms with Gasteiger partial charge in [0.1, 0.15) is 0 Å². The number of nitrogens with zero attached hydrogens (tertiary/aromatic N) is 3. The summed E-state index contributed by atoms with van der Waals surface area (Å²) in [6.45, 7) is 1.60. The minimum Gasteiger partial charge on any atom is -0.479 e. The molecule has 0 aliphatic carbocycles. The van der Waals surface area contributed by atoms with Gasteiger partial charge in [0.25, 0.3) is 11.8 Å². The third kappa shape index (κ3) is 3.70. The Morgan fingerprint density at radius 3 is 2.52 bits per heavy atom. The number of amides is 1. The summed E-state index contributed by atoms with van der Waals surface area (Å²) in [5.41, 5.74) is -0.194. The largest absolute Gasteiger partial charge is 0.479 e. The average Bonchev–Trinajstić information content (AvgIpc) is 3.10. The monoisotopic (exact) mass is 355 g/mol. The number of halogens is 3. The molecule has 1 aromatic heterocycles. The van der Waals surface area contributed by atoms with E-state index in [0.717, 1.165) is 12.1 Å². The molecule has 0 bridgehead atoms. The molecule has 1 saturated heterocycles. The summed E-state index contributed by atoms with van der Waals surface area (Å²) in [6, 6.07) is 6.59. The van der Waals surface area contributed by atoms with Crippen molar-refractivity contribution in [3.05, 3.63) is 41.7 Å². The topological polar surface area (TPSA) is 58.8 Å². The smallest absolute Gasteiger partial charge is 0.416 e. The minimum absolute atomic E-state index is 0.0735. The van der Waals surface area contributed by atoms with Crippen LogP contribution < -0.4 is 9.64 Å². The predicted octanol–water partition coefficient (Wildman–Crippen LogP) is 2.66. The molecule has 0 radical (unpaired) electrons. The lowest BCUT2D eigenvalue weighted by Crippen LogP contribution is -2.48. The molecule has 0 saturated carbocycles. The molecule has 3 rings (SSSR count). The van der Waals surface area contributed by atoms with Gasteiger partial charge in [0.2, 0.25) is 5.76 Å². The minimum atomic E-state index is -4.38. The quantitative estimate of drug-likeness (QED) is 0.847. The van der Waals surface area contributed by atoms with Crippen molar-refractivity contribution in [2.45, 2.75) is 6.18 Å². The second-order valence-electron chi connectivity index (χ2n) is 5.56. The molecule has 1 aromatic carbocycles. The molecular formula is C16H16F3N3O3. The molecule has 2 aromatic rings. The van der Waals surface area contributed by atoms with Gasteiger partial charge in [0.05, 0.1) is 18.7 Å². The number of anilines is 1. The van der Waals surface area contributed by atoms with Crippen LogP contribution in [0.2, 0.25) is 0 Å².